The highest BCUT2D eigenvalue weighted by Crippen LogP contribution is 2.59. The molecular formula is C26H36O7. The molecule has 0 saturated heterocycles. The largest absolute Gasteiger partial charge is 0.462 e. The second kappa shape index (κ2) is 8.73. The second-order valence-electron chi connectivity index (χ2n) is 10.7. The van der Waals surface area contributed by atoms with Crippen LogP contribution in [0, 0.1) is 22.7 Å². The maximum Gasteiger partial charge on any atom is 0.303 e. The zero-order valence-electron chi connectivity index (χ0n) is 20.8. The number of Topliss-reactive ketones (excluding diaryl/α,β-unsaturated/α-hetero) is 1. The van der Waals surface area contributed by atoms with Crippen LogP contribution in [-0.4, -0.2) is 42.0 Å². The molecule has 3 aliphatic carbocycles. The van der Waals surface area contributed by atoms with Gasteiger partial charge in [-0.2, -0.15) is 0 Å². The quantitative estimate of drug-likeness (QED) is 0.356. The maximum atomic E-state index is 13.1. The van der Waals surface area contributed by atoms with Crippen LogP contribution in [0.3, 0.4) is 0 Å². The third-order valence-electron chi connectivity index (χ3n) is 8.01. The number of ketones is 1. The van der Waals surface area contributed by atoms with Gasteiger partial charge in [-0.1, -0.05) is 27.4 Å². The first kappa shape index (κ1) is 25.2. The molecular weight excluding hydrogens is 424 g/mol. The number of carbonyl (C=O) groups is 4. The molecule has 3 aliphatic rings. The molecule has 6 atom stereocenters. The first-order chi connectivity index (χ1) is 15.2. The van der Waals surface area contributed by atoms with E-state index in [2.05, 4.69) is 13.5 Å². The van der Waals surface area contributed by atoms with Crippen molar-refractivity contribution in [3.8, 4) is 0 Å². The molecule has 0 aromatic rings. The Balaban J connectivity index is 2.24. The van der Waals surface area contributed by atoms with Crippen molar-refractivity contribution in [2.75, 3.05) is 0 Å². The molecule has 182 valence electrons. The van der Waals surface area contributed by atoms with Gasteiger partial charge in [0.15, 0.2) is 5.78 Å². The Kier molecular flexibility index (Phi) is 6.66. The standard InChI is InChI=1S/C26H36O7/c1-13-19(30)11-18-24(33-17(5)29)23-14(2)20(31-15(3)27)9-10-26(23,8)12-21(32-16(4)28)22(13)25(18,6)7/h18,20-21,23-24H,2,9-12H2,1,3-8H3/t18-,20-,21-,23-,24+,26-/m0/s1. The monoisotopic (exact) mass is 460 g/mol. The topological polar surface area (TPSA) is 96.0 Å². The molecule has 0 aliphatic heterocycles. The van der Waals surface area contributed by atoms with Gasteiger partial charge in [0.25, 0.3) is 0 Å². The van der Waals surface area contributed by atoms with E-state index in [1.165, 1.54) is 20.8 Å². The minimum absolute atomic E-state index is 0.0369. The summed E-state index contributed by atoms with van der Waals surface area (Å²) in [4.78, 5) is 49.3. The molecule has 0 N–H and O–H groups in total. The Morgan fingerprint density at radius 3 is 2.03 bits per heavy atom. The van der Waals surface area contributed by atoms with E-state index in [1.807, 2.05) is 13.8 Å². The highest BCUT2D eigenvalue weighted by molar-refractivity contribution is 5.97. The summed E-state index contributed by atoms with van der Waals surface area (Å²) < 4.78 is 17.4. The van der Waals surface area contributed by atoms with E-state index in [0.717, 1.165) is 5.57 Å². The normalized spacial score (nSPS) is 35.7. The Morgan fingerprint density at radius 2 is 1.48 bits per heavy atom. The van der Waals surface area contributed by atoms with Crippen molar-refractivity contribution in [3.63, 3.8) is 0 Å². The van der Waals surface area contributed by atoms with E-state index in [0.29, 0.717) is 30.4 Å². The zero-order chi connectivity index (χ0) is 24.9. The summed E-state index contributed by atoms with van der Waals surface area (Å²) in [5, 5.41) is 0. The van der Waals surface area contributed by atoms with Gasteiger partial charge in [-0.25, -0.2) is 0 Å². The van der Waals surface area contributed by atoms with E-state index in [-0.39, 0.29) is 24.0 Å². The molecule has 0 amide bonds. The Morgan fingerprint density at radius 1 is 0.939 bits per heavy atom. The van der Waals surface area contributed by atoms with Gasteiger partial charge in [0.05, 0.1) is 0 Å². The molecule has 0 radical (unpaired) electrons. The summed E-state index contributed by atoms with van der Waals surface area (Å²) in [6.45, 7) is 16.3. The van der Waals surface area contributed by atoms with Crippen LogP contribution in [0.25, 0.3) is 0 Å². The summed E-state index contributed by atoms with van der Waals surface area (Å²) in [5.74, 6) is -1.98. The highest BCUT2D eigenvalue weighted by atomic mass is 16.6. The van der Waals surface area contributed by atoms with Crippen molar-refractivity contribution in [2.24, 2.45) is 22.7 Å². The Labute approximate surface area is 195 Å². The van der Waals surface area contributed by atoms with Crippen molar-refractivity contribution in [2.45, 2.75) is 92.5 Å². The molecule has 0 aromatic heterocycles. The number of esters is 3. The van der Waals surface area contributed by atoms with Crippen LogP contribution in [0.4, 0.5) is 0 Å². The van der Waals surface area contributed by atoms with Crippen molar-refractivity contribution in [3.05, 3.63) is 23.3 Å². The van der Waals surface area contributed by atoms with Crippen LogP contribution in [0.15, 0.2) is 23.3 Å². The summed E-state index contributed by atoms with van der Waals surface area (Å²) >= 11 is 0. The van der Waals surface area contributed by atoms with Gasteiger partial charge in [-0.05, 0) is 53.7 Å². The number of fused-ring (bicyclic) bond motifs is 3. The zero-order valence-corrected chi connectivity index (χ0v) is 20.8. The molecule has 7 nitrogen and oxygen atoms in total. The smallest absolute Gasteiger partial charge is 0.303 e. The molecule has 0 heterocycles. The van der Waals surface area contributed by atoms with Crippen LogP contribution in [-0.2, 0) is 33.4 Å². The highest BCUT2D eigenvalue weighted by Gasteiger charge is 2.59. The van der Waals surface area contributed by atoms with E-state index >= 15 is 0 Å². The third kappa shape index (κ3) is 4.51. The number of hydrogen-bond donors (Lipinski definition) is 0. The van der Waals surface area contributed by atoms with Gasteiger partial charge < -0.3 is 14.2 Å². The Hall–Kier alpha value is -2.44. The fourth-order valence-corrected chi connectivity index (χ4v) is 6.65. The first-order valence-electron chi connectivity index (χ1n) is 11.6. The lowest BCUT2D eigenvalue weighted by molar-refractivity contribution is -0.172. The minimum atomic E-state index is -0.626. The minimum Gasteiger partial charge on any atom is -0.462 e. The molecule has 0 spiro atoms. The van der Waals surface area contributed by atoms with Crippen LogP contribution in [0.1, 0.15) is 74.1 Å². The summed E-state index contributed by atoms with van der Waals surface area (Å²) in [6.07, 6.45) is 0.214. The van der Waals surface area contributed by atoms with Crippen LogP contribution in [0.2, 0.25) is 0 Å². The van der Waals surface area contributed by atoms with E-state index in [4.69, 9.17) is 14.2 Å². The fraction of sp³-hybridized carbons (Fsp3) is 0.692. The molecule has 2 fully saturated rings. The molecule has 0 unspecified atom stereocenters. The average molecular weight is 461 g/mol. The lowest BCUT2D eigenvalue weighted by Crippen LogP contribution is -2.58. The van der Waals surface area contributed by atoms with E-state index in [9.17, 15) is 19.2 Å². The Bertz CT molecular complexity index is 927. The maximum absolute atomic E-state index is 13.1. The predicted octanol–water partition coefficient (Wildman–Crippen LogP) is 4.09. The lowest BCUT2D eigenvalue weighted by atomic mass is 9.50. The average Bonchev–Trinajstić information content (AvgIpc) is 2.64. The van der Waals surface area contributed by atoms with Gasteiger partial charge >= 0.3 is 17.9 Å². The van der Waals surface area contributed by atoms with Gasteiger partial charge in [-0.15, -0.1) is 0 Å². The molecule has 0 aromatic carbocycles. The van der Waals surface area contributed by atoms with Crippen molar-refractivity contribution in [1.29, 1.82) is 0 Å². The van der Waals surface area contributed by atoms with Gasteiger partial charge in [0, 0.05) is 39.0 Å². The van der Waals surface area contributed by atoms with Crippen molar-refractivity contribution >= 4 is 23.7 Å². The lowest BCUT2D eigenvalue weighted by Gasteiger charge is -2.57. The summed E-state index contributed by atoms with van der Waals surface area (Å²) in [6, 6.07) is 0. The second-order valence-corrected chi connectivity index (χ2v) is 10.7. The van der Waals surface area contributed by atoms with Gasteiger partial charge in [0.1, 0.15) is 18.3 Å². The van der Waals surface area contributed by atoms with Crippen LogP contribution >= 0.6 is 0 Å². The summed E-state index contributed by atoms with van der Waals surface area (Å²) in [5.41, 5.74) is 1.09. The van der Waals surface area contributed by atoms with E-state index in [1.54, 1.807) is 6.92 Å². The van der Waals surface area contributed by atoms with Crippen LogP contribution < -0.4 is 0 Å². The van der Waals surface area contributed by atoms with Gasteiger partial charge in [-0.3, -0.25) is 19.2 Å². The number of hydrogen-bond acceptors (Lipinski definition) is 7. The predicted molar refractivity (Wildman–Crippen MR) is 121 cm³/mol. The van der Waals surface area contributed by atoms with Crippen molar-refractivity contribution < 1.29 is 33.4 Å². The number of ether oxygens (including phenoxy) is 3. The fourth-order valence-electron chi connectivity index (χ4n) is 6.65. The number of carbonyl (C=O) groups excluding carboxylic acids is 4. The van der Waals surface area contributed by atoms with E-state index < -0.39 is 47.0 Å². The van der Waals surface area contributed by atoms with Gasteiger partial charge in [0.2, 0.25) is 0 Å². The number of allylic oxidation sites excluding steroid dienone is 1. The summed E-state index contributed by atoms with van der Waals surface area (Å²) in [7, 11) is 0. The van der Waals surface area contributed by atoms with Crippen molar-refractivity contribution in [1.82, 2.24) is 0 Å². The van der Waals surface area contributed by atoms with Crippen LogP contribution in [0.5, 0.6) is 0 Å². The first-order valence-corrected chi connectivity index (χ1v) is 11.6. The molecule has 33 heavy (non-hydrogen) atoms. The molecule has 3 rings (SSSR count). The molecule has 2 bridgehead atoms. The SMILES string of the molecule is C=C1[C@@H](OC(C)=O)CC[C@@]2(C)C[C@H](OC(C)=O)C3=C(C)C(=O)C[C@@H]([C@@H](OC(C)=O)[C@H]12)C3(C)C. The number of rotatable bonds is 3. The third-order valence-corrected chi connectivity index (χ3v) is 8.01. The molecule has 2 saturated carbocycles. The molecule has 7 heteroatoms.